The molecule has 1 aliphatic rings. The lowest BCUT2D eigenvalue weighted by Crippen LogP contribution is -2.40. The van der Waals surface area contributed by atoms with E-state index in [1.54, 1.807) is 11.8 Å². The van der Waals surface area contributed by atoms with Crippen molar-refractivity contribution in [1.29, 1.82) is 0 Å². The number of sulfone groups is 1. The van der Waals surface area contributed by atoms with Crippen LogP contribution in [-0.2, 0) is 14.6 Å². The molecule has 1 aliphatic heterocycles. The third kappa shape index (κ3) is 2.81. The molecule has 0 aliphatic carbocycles. The van der Waals surface area contributed by atoms with E-state index in [0.29, 0.717) is 13.1 Å². The lowest BCUT2D eigenvalue weighted by Gasteiger charge is -2.24. The van der Waals surface area contributed by atoms with Gasteiger partial charge in [0.15, 0.2) is 15.5 Å². The number of oxazole rings is 1. The highest BCUT2D eigenvalue weighted by Crippen LogP contribution is 2.17. The van der Waals surface area contributed by atoms with Crippen molar-refractivity contribution < 1.29 is 22.4 Å². The van der Waals surface area contributed by atoms with Gasteiger partial charge in [-0.05, 0) is 6.92 Å². The van der Waals surface area contributed by atoms with E-state index in [4.69, 9.17) is 9.15 Å². The molecule has 0 bridgehead atoms. The Morgan fingerprint density at radius 3 is 2.78 bits per heavy atom. The normalized spacial score (nSPS) is 18.6. The van der Waals surface area contributed by atoms with Crippen LogP contribution in [0.4, 0.5) is 6.01 Å². The van der Waals surface area contributed by atoms with Crippen molar-refractivity contribution in [1.82, 2.24) is 4.98 Å². The van der Waals surface area contributed by atoms with E-state index >= 15 is 0 Å². The smallest absolute Gasteiger partial charge is 0.360 e. The van der Waals surface area contributed by atoms with Crippen molar-refractivity contribution in [2.24, 2.45) is 0 Å². The van der Waals surface area contributed by atoms with E-state index < -0.39 is 15.8 Å². The summed E-state index contributed by atoms with van der Waals surface area (Å²) < 4.78 is 32.5. The van der Waals surface area contributed by atoms with Crippen LogP contribution in [0.3, 0.4) is 0 Å². The third-order valence-corrected chi connectivity index (χ3v) is 4.20. The molecule has 100 valence electrons. The third-order valence-electron chi connectivity index (χ3n) is 2.59. The molecule has 0 atom stereocenters. The van der Waals surface area contributed by atoms with E-state index in [2.05, 4.69) is 4.98 Å². The summed E-state index contributed by atoms with van der Waals surface area (Å²) in [5.74, 6) is -0.397. The summed E-state index contributed by atoms with van der Waals surface area (Å²) in [6.45, 7) is 2.62. The standard InChI is InChI=1S/C10H14N2O5S/c1-2-16-9(13)8-7-17-10(11-8)12-3-5-18(14,15)6-4-12/h7H,2-6H2,1H3. The molecule has 1 aromatic rings. The number of carbonyl (C=O) groups excluding carboxylic acids is 1. The van der Waals surface area contributed by atoms with Gasteiger partial charge in [-0.2, -0.15) is 4.98 Å². The zero-order valence-corrected chi connectivity index (χ0v) is 10.8. The van der Waals surface area contributed by atoms with Gasteiger partial charge in [0.05, 0.1) is 18.1 Å². The summed E-state index contributed by atoms with van der Waals surface area (Å²) in [4.78, 5) is 17.1. The molecule has 1 aromatic heterocycles. The Kier molecular flexibility index (Phi) is 3.55. The van der Waals surface area contributed by atoms with Crippen LogP contribution in [0.25, 0.3) is 0 Å². The van der Waals surface area contributed by atoms with Crippen LogP contribution in [0.1, 0.15) is 17.4 Å². The molecule has 0 N–H and O–H groups in total. The number of carbonyl (C=O) groups is 1. The van der Waals surface area contributed by atoms with Crippen LogP contribution < -0.4 is 4.90 Å². The number of hydrogen-bond donors (Lipinski definition) is 0. The molecule has 0 aromatic carbocycles. The average molecular weight is 274 g/mol. The van der Waals surface area contributed by atoms with Gasteiger partial charge in [-0.25, -0.2) is 13.2 Å². The lowest BCUT2D eigenvalue weighted by atomic mass is 10.5. The zero-order valence-electron chi connectivity index (χ0n) is 9.96. The van der Waals surface area contributed by atoms with Crippen LogP contribution in [0.15, 0.2) is 10.7 Å². The second kappa shape index (κ2) is 4.97. The van der Waals surface area contributed by atoms with E-state index in [-0.39, 0.29) is 29.8 Å². The zero-order chi connectivity index (χ0) is 13.2. The second-order valence-electron chi connectivity index (χ2n) is 3.87. The molecular formula is C10H14N2O5S. The monoisotopic (exact) mass is 274 g/mol. The second-order valence-corrected chi connectivity index (χ2v) is 6.18. The molecule has 1 fully saturated rings. The maximum absolute atomic E-state index is 11.4. The molecule has 7 nitrogen and oxygen atoms in total. The molecule has 2 rings (SSSR count). The number of anilines is 1. The number of rotatable bonds is 3. The predicted molar refractivity (Wildman–Crippen MR) is 63.3 cm³/mol. The first kappa shape index (κ1) is 12.9. The Bertz CT molecular complexity index is 522. The fourth-order valence-corrected chi connectivity index (χ4v) is 2.81. The van der Waals surface area contributed by atoms with Crippen LogP contribution in [0, 0.1) is 0 Å². The van der Waals surface area contributed by atoms with Crippen molar-refractivity contribution in [2.45, 2.75) is 6.92 Å². The van der Waals surface area contributed by atoms with Gasteiger partial charge < -0.3 is 14.1 Å². The van der Waals surface area contributed by atoms with Gasteiger partial charge in [0.1, 0.15) is 6.26 Å². The maximum Gasteiger partial charge on any atom is 0.360 e. The van der Waals surface area contributed by atoms with Gasteiger partial charge in [-0.1, -0.05) is 0 Å². The summed E-state index contributed by atoms with van der Waals surface area (Å²) in [7, 11) is -2.94. The van der Waals surface area contributed by atoms with Crippen molar-refractivity contribution >= 4 is 21.8 Å². The first-order chi connectivity index (χ1) is 8.52. The molecule has 1 saturated heterocycles. The first-order valence-corrected chi connectivity index (χ1v) is 7.42. The SMILES string of the molecule is CCOC(=O)c1coc(N2CCS(=O)(=O)CC2)n1. The van der Waals surface area contributed by atoms with E-state index in [1.165, 1.54) is 6.26 Å². The Labute approximate surface area is 105 Å². The molecule has 0 spiro atoms. The highest BCUT2D eigenvalue weighted by atomic mass is 32.2. The van der Waals surface area contributed by atoms with Crippen LogP contribution in [-0.4, -0.2) is 50.6 Å². The highest BCUT2D eigenvalue weighted by Gasteiger charge is 2.25. The van der Waals surface area contributed by atoms with E-state index in [0.717, 1.165) is 0 Å². The van der Waals surface area contributed by atoms with Crippen molar-refractivity contribution in [3.05, 3.63) is 12.0 Å². The average Bonchev–Trinajstić information content (AvgIpc) is 2.79. The fourth-order valence-electron chi connectivity index (χ4n) is 1.61. The molecular weight excluding hydrogens is 260 g/mol. The molecule has 8 heteroatoms. The molecule has 2 heterocycles. The largest absolute Gasteiger partial charge is 0.461 e. The first-order valence-electron chi connectivity index (χ1n) is 5.60. The van der Waals surface area contributed by atoms with Crippen molar-refractivity contribution in [3.8, 4) is 0 Å². The molecule has 0 amide bonds. The van der Waals surface area contributed by atoms with Gasteiger partial charge >= 0.3 is 5.97 Å². The Morgan fingerprint density at radius 2 is 2.17 bits per heavy atom. The van der Waals surface area contributed by atoms with Gasteiger partial charge in [0.25, 0.3) is 6.01 Å². The Hall–Kier alpha value is -1.57. The summed E-state index contributed by atoms with van der Waals surface area (Å²) in [6, 6.07) is 0.257. The van der Waals surface area contributed by atoms with Crippen LogP contribution in [0.5, 0.6) is 0 Å². The number of hydrogen-bond acceptors (Lipinski definition) is 7. The van der Waals surface area contributed by atoms with Gasteiger partial charge in [-0.3, -0.25) is 0 Å². The van der Waals surface area contributed by atoms with Crippen LogP contribution in [0.2, 0.25) is 0 Å². The summed E-state index contributed by atoms with van der Waals surface area (Å²) >= 11 is 0. The van der Waals surface area contributed by atoms with Gasteiger partial charge in [0.2, 0.25) is 0 Å². The summed E-state index contributed by atoms with van der Waals surface area (Å²) in [5.41, 5.74) is 0.0975. The minimum absolute atomic E-state index is 0.0735. The topological polar surface area (TPSA) is 89.7 Å². The van der Waals surface area contributed by atoms with Gasteiger partial charge in [0, 0.05) is 13.1 Å². The quantitative estimate of drug-likeness (QED) is 0.721. The minimum atomic E-state index is -2.94. The predicted octanol–water partition coefficient (Wildman–Crippen LogP) is 0.0861. The fraction of sp³-hybridized carbons (Fsp3) is 0.600. The summed E-state index contributed by atoms with van der Waals surface area (Å²) in [5, 5.41) is 0. The molecule has 0 radical (unpaired) electrons. The van der Waals surface area contributed by atoms with Crippen molar-refractivity contribution in [3.63, 3.8) is 0 Å². The highest BCUT2D eigenvalue weighted by molar-refractivity contribution is 7.91. The Morgan fingerprint density at radius 1 is 1.50 bits per heavy atom. The minimum Gasteiger partial charge on any atom is -0.461 e. The number of ether oxygens (including phenoxy) is 1. The number of esters is 1. The molecule has 18 heavy (non-hydrogen) atoms. The van der Waals surface area contributed by atoms with E-state index in [1.807, 2.05) is 0 Å². The lowest BCUT2D eigenvalue weighted by molar-refractivity contribution is 0.0519. The van der Waals surface area contributed by atoms with Gasteiger partial charge in [-0.15, -0.1) is 0 Å². The van der Waals surface area contributed by atoms with E-state index in [9.17, 15) is 13.2 Å². The number of nitrogens with zero attached hydrogens (tertiary/aromatic N) is 2. The molecule has 0 saturated carbocycles. The molecule has 0 unspecified atom stereocenters. The number of aromatic nitrogens is 1. The van der Waals surface area contributed by atoms with Crippen LogP contribution >= 0.6 is 0 Å². The van der Waals surface area contributed by atoms with Crippen molar-refractivity contribution in [2.75, 3.05) is 36.1 Å². The maximum atomic E-state index is 11.4. The summed E-state index contributed by atoms with van der Waals surface area (Å²) in [6.07, 6.45) is 1.22. The Balaban J connectivity index is 2.05.